The van der Waals surface area contributed by atoms with Gasteiger partial charge in [0.2, 0.25) is 20.0 Å². The molecule has 40 heavy (non-hydrogen) atoms. The molecular formula is C28H28N4O6S2. The number of nitrogens with one attached hydrogen (secondary N) is 2. The Bertz CT molecular complexity index is 1640. The highest BCUT2D eigenvalue weighted by Gasteiger charge is 2.26. The third kappa shape index (κ3) is 7.96. The molecular weight excluding hydrogens is 552 g/mol. The number of hydrogen-bond donors (Lipinski definition) is 2. The van der Waals surface area contributed by atoms with Crippen LogP contribution in [0.3, 0.4) is 0 Å². The molecule has 0 unspecified atom stereocenters. The molecule has 208 valence electrons. The van der Waals surface area contributed by atoms with Gasteiger partial charge in [0.05, 0.1) is 29.1 Å². The standard InChI is InChI=1S/C28H28N4O6S2/c33-28(22-32(19-18-23-10-4-1-5-11-23)40(36,37)27-14-8-3-9-15-27)31-29-20-24-16-17-25(38-24)21-30-39(34,35)26-12-6-2-7-13-26/h1-17,20,30H,18-19,21-22H2,(H,31,33)/b29-20-. The van der Waals surface area contributed by atoms with E-state index in [-0.39, 0.29) is 28.6 Å². The Kier molecular flexibility index (Phi) is 9.61. The average Bonchev–Trinajstić information content (AvgIpc) is 3.43. The molecule has 0 aliphatic rings. The molecule has 0 spiro atoms. The number of furan rings is 1. The van der Waals surface area contributed by atoms with Crippen molar-refractivity contribution in [1.82, 2.24) is 14.5 Å². The number of hydrazone groups is 1. The number of carbonyl (C=O) groups excluding carboxylic acids is 1. The van der Waals surface area contributed by atoms with E-state index < -0.39 is 32.5 Å². The van der Waals surface area contributed by atoms with Gasteiger partial charge in [-0.1, -0.05) is 66.7 Å². The Balaban J connectivity index is 1.35. The van der Waals surface area contributed by atoms with Gasteiger partial charge in [-0.25, -0.2) is 27.0 Å². The SMILES string of the molecule is O=C(CN(CCc1ccccc1)S(=O)(=O)c1ccccc1)N/N=C\c1ccc(CNS(=O)(=O)c2ccccc2)o1. The minimum absolute atomic E-state index is 0.0782. The molecule has 10 nitrogen and oxygen atoms in total. The predicted octanol–water partition coefficient (Wildman–Crippen LogP) is 3.14. The maximum absolute atomic E-state index is 13.3. The van der Waals surface area contributed by atoms with Crippen LogP contribution in [0.1, 0.15) is 17.1 Å². The molecule has 12 heteroatoms. The summed E-state index contributed by atoms with van der Waals surface area (Å²) in [5, 5.41) is 3.86. The van der Waals surface area contributed by atoms with Gasteiger partial charge in [-0.05, 0) is 48.4 Å². The fourth-order valence-corrected chi connectivity index (χ4v) is 6.13. The summed E-state index contributed by atoms with van der Waals surface area (Å²) in [6, 6.07) is 28.4. The summed E-state index contributed by atoms with van der Waals surface area (Å²) in [6.07, 6.45) is 1.67. The molecule has 0 bridgehead atoms. The number of rotatable bonds is 13. The summed E-state index contributed by atoms with van der Waals surface area (Å²) >= 11 is 0. The molecule has 0 radical (unpaired) electrons. The van der Waals surface area contributed by atoms with E-state index in [0.717, 1.165) is 9.87 Å². The van der Waals surface area contributed by atoms with Gasteiger partial charge in [0.15, 0.2) is 0 Å². The van der Waals surface area contributed by atoms with Crippen molar-refractivity contribution < 1.29 is 26.0 Å². The predicted molar refractivity (Wildman–Crippen MR) is 150 cm³/mol. The summed E-state index contributed by atoms with van der Waals surface area (Å²) in [5.41, 5.74) is 3.26. The zero-order valence-electron chi connectivity index (χ0n) is 21.4. The third-order valence-electron chi connectivity index (χ3n) is 5.75. The summed E-state index contributed by atoms with van der Waals surface area (Å²) in [7, 11) is -7.63. The first-order valence-corrected chi connectivity index (χ1v) is 15.2. The van der Waals surface area contributed by atoms with Gasteiger partial charge in [0.25, 0.3) is 5.91 Å². The van der Waals surface area contributed by atoms with E-state index in [1.54, 1.807) is 48.5 Å². The minimum atomic E-state index is -3.93. The summed E-state index contributed by atoms with van der Waals surface area (Å²) < 4.78 is 60.3. The molecule has 0 atom stereocenters. The lowest BCUT2D eigenvalue weighted by Gasteiger charge is -2.21. The second kappa shape index (κ2) is 13.3. The van der Waals surface area contributed by atoms with Crippen molar-refractivity contribution in [2.75, 3.05) is 13.1 Å². The Morgan fingerprint density at radius 2 is 1.40 bits per heavy atom. The van der Waals surface area contributed by atoms with Gasteiger partial charge >= 0.3 is 0 Å². The van der Waals surface area contributed by atoms with Crippen LogP contribution in [-0.2, 0) is 37.8 Å². The van der Waals surface area contributed by atoms with E-state index in [1.807, 2.05) is 30.3 Å². The number of carbonyl (C=O) groups is 1. The molecule has 4 aromatic rings. The molecule has 1 aromatic heterocycles. The smallest absolute Gasteiger partial charge is 0.255 e. The van der Waals surface area contributed by atoms with Gasteiger partial charge < -0.3 is 4.42 Å². The molecule has 0 saturated carbocycles. The van der Waals surface area contributed by atoms with E-state index in [0.29, 0.717) is 12.2 Å². The first-order valence-electron chi connectivity index (χ1n) is 12.3. The average molecular weight is 581 g/mol. The largest absolute Gasteiger partial charge is 0.459 e. The molecule has 1 heterocycles. The fourth-order valence-electron chi connectivity index (χ4n) is 3.70. The monoisotopic (exact) mass is 580 g/mol. The van der Waals surface area contributed by atoms with Crippen LogP contribution < -0.4 is 10.1 Å². The highest BCUT2D eigenvalue weighted by molar-refractivity contribution is 7.89. The van der Waals surface area contributed by atoms with Crippen LogP contribution in [0.2, 0.25) is 0 Å². The Labute approximate surface area is 233 Å². The Hall–Kier alpha value is -4.10. The lowest BCUT2D eigenvalue weighted by molar-refractivity contribution is -0.121. The van der Waals surface area contributed by atoms with Crippen LogP contribution in [0.15, 0.2) is 122 Å². The topological polar surface area (TPSA) is 138 Å². The number of sulfonamides is 2. The summed E-state index contributed by atoms with van der Waals surface area (Å²) in [6.45, 7) is -0.421. The van der Waals surface area contributed by atoms with E-state index in [2.05, 4.69) is 15.2 Å². The highest BCUT2D eigenvalue weighted by atomic mass is 32.2. The van der Waals surface area contributed by atoms with E-state index in [1.165, 1.54) is 30.5 Å². The second-order valence-corrected chi connectivity index (χ2v) is 12.3. The normalized spacial score (nSPS) is 12.1. The summed E-state index contributed by atoms with van der Waals surface area (Å²) in [5.74, 6) is -0.0217. The molecule has 0 fully saturated rings. The zero-order valence-corrected chi connectivity index (χ0v) is 23.0. The lowest BCUT2D eigenvalue weighted by Crippen LogP contribution is -2.40. The molecule has 1 amide bonds. The van der Waals surface area contributed by atoms with Crippen molar-refractivity contribution >= 4 is 32.2 Å². The van der Waals surface area contributed by atoms with E-state index in [4.69, 9.17) is 4.42 Å². The number of amides is 1. The summed E-state index contributed by atoms with van der Waals surface area (Å²) in [4.78, 5) is 12.9. The van der Waals surface area contributed by atoms with Crippen LogP contribution in [0.5, 0.6) is 0 Å². The zero-order chi connectivity index (χ0) is 28.4. The number of benzene rings is 3. The number of hydrogen-bond acceptors (Lipinski definition) is 7. The highest BCUT2D eigenvalue weighted by Crippen LogP contribution is 2.16. The van der Waals surface area contributed by atoms with E-state index in [9.17, 15) is 21.6 Å². The van der Waals surface area contributed by atoms with Crippen LogP contribution in [0, 0.1) is 0 Å². The maximum atomic E-state index is 13.3. The van der Waals surface area contributed by atoms with Gasteiger partial charge in [0.1, 0.15) is 11.5 Å². The molecule has 4 rings (SSSR count). The van der Waals surface area contributed by atoms with Crippen LogP contribution in [0.25, 0.3) is 0 Å². The first kappa shape index (κ1) is 28.9. The lowest BCUT2D eigenvalue weighted by atomic mass is 10.1. The minimum Gasteiger partial charge on any atom is -0.459 e. The second-order valence-electron chi connectivity index (χ2n) is 8.62. The third-order valence-corrected chi connectivity index (χ3v) is 9.02. The Morgan fingerprint density at radius 1 is 0.800 bits per heavy atom. The van der Waals surface area contributed by atoms with Gasteiger partial charge in [-0.2, -0.15) is 9.41 Å². The Morgan fingerprint density at radius 3 is 2.05 bits per heavy atom. The van der Waals surface area contributed by atoms with Crippen molar-refractivity contribution in [2.24, 2.45) is 5.10 Å². The van der Waals surface area contributed by atoms with Crippen molar-refractivity contribution in [3.05, 3.63) is 120 Å². The quantitative estimate of drug-likeness (QED) is 0.184. The van der Waals surface area contributed by atoms with Crippen molar-refractivity contribution in [2.45, 2.75) is 22.8 Å². The van der Waals surface area contributed by atoms with Crippen LogP contribution in [0.4, 0.5) is 0 Å². The maximum Gasteiger partial charge on any atom is 0.255 e. The molecule has 0 aliphatic heterocycles. The van der Waals surface area contributed by atoms with Crippen molar-refractivity contribution in [3.8, 4) is 0 Å². The van der Waals surface area contributed by atoms with Crippen molar-refractivity contribution in [1.29, 1.82) is 0 Å². The molecule has 0 aliphatic carbocycles. The van der Waals surface area contributed by atoms with Gasteiger partial charge in [0, 0.05) is 6.54 Å². The van der Waals surface area contributed by atoms with Gasteiger partial charge in [-0.3, -0.25) is 4.79 Å². The first-order chi connectivity index (χ1) is 19.2. The van der Waals surface area contributed by atoms with Crippen LogP contribution >= 0.6 is 0 Å². The van der Waals surface area contributed by atoms with Crippen LogP contribution in [-0.4, -0.2) is 46.4 Å². The number of nitrogens with zero attached hydrogens (tertiary/aromatic N) is 2. The molecule has 0 saturated heterocycles. The fraction of sp³-hybridized carbons (Fsp3) is 0.143. The van der Waals surface area contributed by atoms with Gasteiger partial charge in [-0.15, -0.1) is 0 Å². The van der Waals surface area contributed by atoms with Crippen molar-refractivity contribution in [3.63, 3.8) is 0 Å². The van der Waals surface area contributed by atoms with E-state index >= 15 is 0 Å². The molecule has 2 N–H and O–H groups in total. The molecule has 3 aromatic carbocycles.